The van der Waals surface area contributed by atoms with Crippen molar-refractivity contribution in [3.05, 3.63) is 28.0 Å². The molecule has 16 heavy (non-hydrogen) atoms. The molecule has 1 rings (SSSR count). The van der Waals surface area contributed by atoms with Gasteiger partial charge in [0.2, 0.25) is 0 Å². The van der Waals surface area contributed by atoms with Gasteiger partial charge in [0, 0.05) is 0 Å². The second-order valence-electron chi connectivity index (χ2n) is 2.61. The Kier molecular flexibility index (Phi) is 4.17. The van der Waals surface area contributed by atoms with Gasteiger partial charge in [-0.25, -0.2) is 9.18 Å². The molecule has 0 saturated carbocycles. The van der Waals surface area contributed by atoms with Crippen molar-refractivity contribution in [1.29, 1.82) is 0 Å². The second-order valence-corrected chi connectivity index (χ2v) is 3.40. The average molecular weight is 299 g/mol. The molecule has 1 aromatic carbocycles. The van der Waals surface area contributed by atoms with E-state index in [-0.39, 0.29) is 10.0 Å². The maximum Gasteiger partial charge on any atom is 0.387 e. The highest BCUT2D eigenvalue weighted by molar-refractivity contribution is 9.10. The van der Waals surface area contributed by atoms with Crippen LogP contribution in [-0.2, 0) is 4.74 Å². The zero-order valence-electron chi connectivity index (χ0n) is 7.97. The van der Waals surface area contributed by atoms with Crippen molar-refractivity contribution in [3.8, 4) is 5.75 Å². The van der Waals surface area contributed by atoms with Crippen molar-refractivity contribution in [2.45, 2.75) is 6.61 Å². The molecule has 0 amide bonds. The van der Waals surface area contributed by atoms with Crippen molar-refractivity contribution in [3.63, 3.8) is 0 Å². The van der Waals surface area contributed by atoms with Gasteiger partial charge in [0.05, 0.1) is 11.6 Å². The minimum absolute atomic E-state index is 0.281. The molecule has 0 atom stereocenters. The van der Waals surface area contributed by atoms with E-state index in [9.17, 15) is 18.0 Å². The molecule has 0 radical (unpaired) electrons. The molecule has 0 heterocycles. The topological polar surface area (TPSA) is 35.5 Å². The van der Waals surface area contributed by atoms with E-state index in [0.29, 0.717) is 0 Å². The normalized spacial score (nSPS) is 10.4. The molecule has 7 heteroatoms. The Hall–Kier alpha value is -1.24. The summed E-state index contributed by atoms with van der Waals surface area (Å²) in [6.07, 6.45) is 0. The molecule has 0 aromatic heterocycles. The average Bonchev–Trinajstić information content (AvgIpc) is 2.23. The molecule has 0 aliphatic rings. The third-order valence-electron chi connectivity index (χ3n) is 1.66. The molecule has 0 saturated heterocycles. The van der Waals surface area contributed by atoms with Crippen LogP contribution in [0.1, 0.15) is 10.4 Å². The summed E-state index contributed by atoms with van der Waals surface area (Å²) in [5, 5.41) is 0. The van der Waals surface area contributed by atoms with Crippen LogP contribution in [-0.4, -0.2) is 19.7 Å². The zero-order valence-corrected chi connectivity index (χ0v) is 9.55. The Morgan fingerprint density at radius 2 is 2.06 bits per heavy atom. The standard InChI is InChI=1S/C9H6BrF3O3/c1-15-8(14)4-2-3-5(11)6(10)7(4)16-9(12)13/h2-3,9H,1H3. The molecule has 0 spiro atoms. The van der Waals surface area contributed by atoms with E-state index >= 15 is 0 Å². The lowest BCUT2D eigenvalue weighted by Crippen LogP contribution is -2.10. The molecule has 0 aliphatic heterocycles. The van der Waals surface area contributed by atoms with Crippen LogP contribution in [0.25, 0.3) is 0 Å². The van der Waals surface area contributed by atoms with Gasteiger partial charge in [-0.1, -0.05) is 0 Å². The van der Waals surface area contributed by atoms with Gasteiger partial charge in [-0.3, -0.25) is 0 Å². The highest BCUT2D eigenvalue weighted by Crippen LogP contribution is 2.33. The SMILES string of the molecule is COC(=O)c1ccc(F)c(Br)c1OC(F)F. The third kappa shape index (κ3) is 2.66. The molecular weight excluding hydrogens is 293 g/mol. The number of alkyl halides is 2. The lowest BCUT2D eigenvalue weighted by Gasteiger charge is -2.11. The van der Waals surface area contributed by atoms with Crippen molar-refractivity contribution >= 4 is 21.9 Å². The van der Waals surface area contributed by atoms with E-state index in [1.54, 1.807) is 0 Å². The Bertz CT molecular complexity index is 409. The zero-order chi connectivity index (χ0) is 12.3. The number of ether oxygens (including phenoxy) is 2. The first kappa shape index (κ1) is 12.8. The smallest absolute Gasteiger partial charge is 0.387 e. The van der Waals surface area contributed by atoms with Crippen LogP contribution in [0.3, 0.4) is 0 Å². The number of hydrogen-bond donors (Lipinski definition) is 0. The van der Waals surface area contributed by atoms with Crippen LogP contribution in [0, 0.1) is 5.82 Å². The van der Waals surface area contributed by atoms with E-state index in [1.165, 1.54) is 0 Å². The first-order valence-electron chi connectivity index (χ1n) is 3.98. The number of benzene rings is 1. The maximum atomic E-state index is 13.1. The van der Waals surface area contributed by atoms with Gasteiger partial charge < -0.3 is 9.47 Å². The molecule has 88 valence electrons. The Balaban J connectivity index is 3.27. The lowest BCUT2D eigenvalue weighted by atomic mass is 10.2. The molecule has 1 aromatic rings. The number of esters is 1. The van der Waals surface area contributed by atoms with E-state index in [2.05, 4.69) is 25.4 Å². The predicted octanol–water partition coefficient (Wildman–Crippen LogP) is 2.98. The summed E-state index contributed by atoms with van der Waals surface area (Å²) in [7, 11) is 1.08. The monoisotopic (exact) mass is 298 g/mol. The molecule has 0 N–H and O–H groups in total. The fraction of sp³-hybridized carbons (Fsp3) is 0.222. The first-order valence-corrected chi connectivity index (χ1v) is 4.77. The van der Waals surface area contributed by atoms with Crippen LogP contribution < -0.4 is 4.74 Å². The lowest BCUT2D eigenvalue weighted by molar-refractivity contribution is -0.0511. The summed E-state index contributed by atoms with van der Waals surface area (Å²) in [4.78, 5) is 11.2. The summed E-state index contributed by atoms with van der Waals surface area (Å²) in [5.74, 6) is -2.29. The van der Waals surface area contributed by atoms with Crippen LogP contribution in [0.15, 0.2) is 16.6 Å². The number of halogens is 4. The van der Waals surface area contributed by atoms with Gasteiger partial charge >= 0.3 is 12.6 Å². The van der Waals surface area contributed by atoms with Crippen LogP contribution >= 0.6 is 15.9 Å². The van der Waals surface area contributed by atoms with E-state index in [1.807, 2.05) is 0 Å². The predicted molar refractivity (Wildman–Crippen MR) is 52.1 cm³/mol. The van der Waals surface area contributed by atoms with Gasteiger partial charge in [0.15, 0.2) is 5.75 Å². The summed E-state index contributed by atoms with van der Waals surface area (Å²) in [5.41, 5.74) is -0.281. The van der Waals surface area contributed by atoms with Gasteiger partial charge in [0.1, 0.15) is 11.4 Å². The van der Waals surface area contributed by atoms with Crippen LogP contribution in [0.2, 0.25) is 0 Å². The molecule has 0 aliphatic carbocycles. The number of hydrogen-bond acceptors (Lipinski definition) is 3. The number of carbonyl (C=O) groups is 1. The first-order chi connectivity index (χ1) is 7.47. The summed E-state index contributed by atoms with van der Waals surface area (Å²) in [6.45, 7) is -3.17. The minimum atomic E-state index is -3.17. The summed E-state index contributed by atoms with van der Waals surface area (Å²) in [6, 6.07) is 1.94. The number of carbonyl (C=O) groups excluding carboxylic acids is 1. The van der Waals surface area contributed by atoms with Crippen molar-refractivity contribution in [2.24, 2.45) is 0 Å². The van der Waals surface area contributed by atoms with E-state index in [4.69, 9.17) is 0 Å². The van der Waals surface area contributed by atoms with Crippen molar-refractivity contribution < 1.29 is 27.4 Å². The van der Waals surface area contributed by atoms with Gasteiger partial charge in [0.25, 0.3) is 0 Å². The van der Waals surface area contributed by atoms with E-state index in [0.717, 1.165) is 19.2 Å². The summed E-state index contributed by atoms with van der Waals surface area (Å²) < 4.78 is 45.2. The minimum Gasteiger partial charge on any atom is -0.465 e. The molecule has 3 nitrogen and oxygen atoms in total. The largest absolute Gasteiger partial charge is 0.465 e. The van der Waals surface area contributed by atoms with Gasteiger partial charge in [-0.15, -0.1) is 0 Å². The van der Waals surface area contributed by atoms with Crippen molar-refractivity contribution in [1.82, 2.24) is 0 Å². The highest BCUT2D eigenvalue weighted by atomic mass is 79.9. The third-order valence-corrected chi connectivity index (χ3v) is 2.40. The fourth-order valence-electron chi connectivity index (χ4n) is 1.01. The van der Waals surface area contributed by atoms with Gasteiger partial charge in [-0.2, -0.15) is 8.78 Å². The van der Waals surface area contributed by atoms with Crippen molar-refractivity contribution in [2.75, 3.05) is 7.11 Å². The Morgan fingerprint density at radius 3 is 2.56 bits per heavy atom. The van der Waals surface area contributed by atoms with E-state index < -0.39 is 24.1 Å². The van der Waals surface area contributed by atoms with Crippen LogP contribution in [0.4, 0.5) is 13.2 Å². The molecule has 0 unspecified atom stereocenters. The highest BCUT2D eigenvalue weighted by Gasteiger charge is 2.21. The van der Waals surface area contributed by atoms with Crippen LogP contribution in [0.5, 0.6) is 5.75 Å². The Morgan fingerprint density at radius 1 is 1.44 bits per heavy atom. The molecule has 0 bridgehead atoms. The molecule has 0 fully saturated rings. The maximum absolute atomic E-state index is 13.1. The Labute approximate surface area is 97.3 Å². The number of rotatable bonds is 3. The summed E-state index contributed by atoms with van der Waals surface area (Å²) >= 11 is 2.72. The second kappa shape index (κ2) is 5.20. The fourth-order valence-corrected chi connectivity index (χ4v) is 1.45. The van der Waals surface area contributed by atoms with Gasteiger partial charge in [-0.05, 0) is 28.1 Å². The molecular formula is C9H6BrF3O3. The number of methoxy groups -OCH3 is 1. The quantitative estimate of drug-likeness (QED) is 0.805.